The van der Waals surface area contributed by atoms with Crippen LogP contribution in [0.3, 0.4) is 0 Å². The molecule has 3 N–H and O–H groups in total. The first-order chi connectivity index (χ1) is 16.6. The van der Waals surface area contributed by atoms with Crippen LogP contribution in [0.2, 0.25) is 0 Å². The van der Waals surface area contributed by atoms with Crippen molar-refractivity contribution >= 4 is 46.3 Å². The summed E-state index contributed by atoms with van der Waals surface area (Å²) in [6.07, 6.45) is 7.53. The van der Waals surface area contributed by atoms with Crippen molar-refractivity contribution in [3.63, 3.8) is 0 Å². The first kappa shape index (κ1) is 22.8. The van der Waals surface area contributed by atoms with Crippen LogP contribution in [0.5, 0.6) is 0 Å². The molecule has 0 bridgehead atoms. The number of aromatic nitrogens is 2. The summed E-state index contributed by atoms with van der Waals surface area (Å²) in [6.45, 7) is 0.870. The number of thioether (sulfide) groups is 1. The van der Waals surface area contributed by atoms with Crippen molar-refractivity contribution < 1.29 is 9.59 Å². The van der Waals surface area contributed by atoms with Crippen LogP contribution in [-0.4, -0.2) is 33.2 Å². The third kappa shape index (κ3) is 5.72. The maximum atomic E-state index is 11.8. The van der Waals surface area contributed by atoms with Crippen molar-refractivity contribution in [2.75, 3.05) is 5.32 Å². The van der Waals surface area contributed by atoms with E-state index in [1.165, 1.54) is 16.7 Å². The molecule has 1 saturated carbocycles. The highest BCUT2D eigenvalue weighted by Gasteiger charge is 2.25. The van der Waals surface area contributed by atoms with E-state index in [2.05, 4.69) is 67.0 Å². The molecule has 7 nitrogen and oxygen atoms in total. The van der Waals surface area contributed by atoms with Crippen LogP contribution in [-0.2, 0) is 11.3 Å². The Bertz CT molecular complexity index is 1200. The summed E-state index contributed by atoms with van der Waals surface area (Å²) in [4.78, 5) is 32.3. The van der Waals surface area contributed by atoms with Crippen LogP contribution in [0.15, 0.2) is 58.3 Å². The van der Waals surface area contributed by atoms with E-state index in [-0.39, 0.29) is 11.1 Å². The molecule has 5 rings (SSSR count). The lowest BCUT2D eigenvalue weighted by molar-refractivity contribution is -0.115. The quantitative estimate of drug-likeness (QED) is 0.398. The molecular weight excluding hydrogens is 466 g/mol. The minimum atomic E-state index is -0.382. The molecule has 2 amide bonds. The maximum absolute atomic E-state index is 11.8. The first-order valence-electron chi connectivity index (χ1n) is 11.3. The molecule has 0 unspecified atom stereocenters. The van der Waals surface area contributed by atoms with Crippen molar-refractivity contribution in [3.8, 4) is 11.1 Å². The fourth-order valence-corrected chi connectivity index (χ4v) is 5.59. The summed E-state index contributed by atoms with van der Waals surface area (Å²) >= 11 is 2.61. The molecule has 1 aromatic carbocycles. The Hall–Kier alpha value is -3.01. The second-order valence-corrected chi connectivity index (χ2v) is 10.2. The van der Waals surface area contributed by atoms with Gasteiger partial charge in [0, 0.05) is 24.8 Å². The van der Waals surface area contributed by atoms with Crippen LogP contribution in [0, 0.1) is 0 Å². The lowest BCUT2D eigenvalue weighted by atomic mass is 9.91. The minimum Gasteiger partial charge on any atom is -0.351 e. The second kappa shape index (κ2) is 10.5. The highest BCUT2D eigenvalue weighted by atomic mass is 32.2. The van der Waals surface area contributed by atoms with E-state index in [4.69, 9.17) is 0 Å². The van der Waals surface area contributed by atoms with Crippen LogP contribution < -0.4 is 16.0 Å². The SMILES string of the molecule is O=C1NC(=O)C(=Cc2ccnc(NC3CCC(NCc4cccc(-c5ccsc5)c4)CC3)n2)S1. The van der Waals surface area contributed by atoms with Gasteiger partial charge in [-0.1, -0.05) is 18.2 Å². The monoisotopic (exact) mass is 491 g/mol. The van der Waals surface area contributed by atoms with Crippen LogP contribution in [0.4, 0.5) is 10.7 Å². The zero-order valence-corrected chi connectivity index (χ0v) is 20.1. The number of nitrogens with zero attached hydrogens (tertiary/aromatic N) is 2. The van der Waals surface area contributed by atoms with Crippen LogP contribution >= 0.6 is 23.1 Å². The molecule has 34 heavy (non-hydrogen) atoms. The van der Waals surface area contributed by atoms with Gasteiger partial charge in [0.25, 0.3) is 11.1 Å². The molecule has 2 aromatic heterocycles. The van der Waals surface area contributed by atoms with Crippen molar-refractivity contribution in [2.24, 2.45) is 0 Å². The number of carbonyl (C=O) groups is 2. The number of carbonyl (C=O) groups excluding carboxylic acids is 2. The average molecular weight is 492 g/mol. The van der Waals surface area contributed by atoms with Crippen molar-refractivity contribution in [1.29, 1.82) is 0 Å². The molecule has 1 aliphatic heterocycles. The Morgan fingerprint density at radius 2 is 1.91 bits per heavy atom. The second-order valence-electron chi connectivity index (χ2n) is 8.44. The fraction of sp³-hybridized carbons (Fsp3) is 0.280. The van der Waals surface area contributed by atoms with E-state index >= 15 is 0 Å². The van der Waals surface area contributed by atoms with Gasteiger partial charge in [-0.3, -0.25) is 14.9 Å². The number of thiophene rings is 1. The van der Waals surface area contributed by atoms with Crippen molar-refractivity contribution in [3.05, 3.63) is 69.5 Å². The fourth-order valence-electron chi connectivity index (χ4n) is 4.25. The van der Waals surface area contributed by atoms with Gasteiger partial charge in [0.2, 0.25) is 5.95 Å². The van der Waals surface area contributed by atoms with Gasteiger partial charge in [-0.2, -0.15) is 11.3 Å². The Morgan fingerprint density at radius 3 is 2.68 bits per heavy atom. The maximum Gasteiger partial charge on any atom is 0.290 e. The standard InChI is InChI=1S/C25H25N5O2S2/c31-23-22(34-25(32)30-23)13-21-8-10-26-24(29-21)28-20-6-4-19(5-7-20)27-14-16-2-1-3-17(12-16)18-9-11-33-15-18/h1-3,8-13,15,19-20,27H,4-7,14H2,(H,26,28,29)(H,30,31,32). The molecule has 0 atom stereocenters. The van der Waals surface area contributed by atoms with E-state index in [9.17, 15) is 9.59 Å². The number of anilines is 1. The molecule has 1 aliphatic carbocycles. The topological polar surface area (TPSA) is 96.0 Å². The number of amides is 2. The molecule has 3 heterocycles. The number of nitrogens with one attached hydrogen (secondary N) is 3. The van der Waals surface area contributed by atoms with Gasteiger partial charge in [-0.25, -0.2) is 9.97 Å². The van der Waals surface area contributed by atoms with Gasteiger partial charge < -0.3 is 10.6 Å². The van der Waals surface area contributed by atoms with E-state index in [1.54, 1.807) is 29.7 Å². The summed E-state index contributed by atoms with van der Waals surface area (Å²) in [5, 5.41) is 13.3. The molecule has 0 spiro atoms. The Balaban J connectivity index is 1.11. The van der Waals surface area contributed by atoms with E-state index < -0.39 is 0 Å². The average Bonchev–Trinajstić information content (AvgIpc) is 3.49. The van der Waals surface area contributed by atoms with Crippen molar-refractivity contribution in [2.45, 2.75) is 44.3 Å². The number of hydrogen-bond acceptors (Lipinski definition) is 8. The van der Waals surface area contributed by atoms with Crippen LogP contribution in [0.25, 0.3) is 17.2 Å². The third-order valence-corrected chi connectivity index (χ3v) is 7.53. The Labute approximate surface area is 206 Å². The highest BCUT2D eigenvalue weighted by molar-refractivity contribution is 8.18. The van der Waals surface area contributed by atoms with Crippen LogP contribution in [0.1, 0.15) is 36.9 Å². The summed E-state index contributed by atoms with van der Waals surface area (Å²) < 4.78 is 0. The molecule has 1 saturated heterocycles. The summed E-state index contributed by atoms with van der Waals surface area (Å²) in [7, 11) is 0. The van der Waals surface area contributed by atoms with Gasteiger partial charge in [-0.05, 0) is 89.2 Å². The van der Waals surface area contributed by atoms with Crippen molar-refractivity contribution in [1.82, 2.24) is 20.6 Å². The van der Waals surface area contributed by atoms with Gasteiger partial charge in [0.15, 0.2) is 0 Å². The van der Waals surface area contributed by atoms with Gasteiger partial charge in [0.1, 0.15) is 0 Å². The normalized spacial score (nSPS) is 21.6. The molecule has 9 heteroatoms. The summed E-state index contributed by atoms with van der Waals surface area (Å²) in [5.74, 6) is 0.165. The number of rotatable bonds is 7. The highest BCUT2D eigenvalue weighted by Crippen LogP contribution is 2.26. The first-order valence-corrected chi connectivity index (χ1v) is 13.1. The van der Waals surface area contributed by atoms with Gasteiger partial charge in [0.05, 0.1) is 10.6 Å². The predicted octanol–water partition coefficient (Wildman–Crippen LogP) is 5.04. The largest absolute Gasteiger partial charge is 0.351 e. The number of hydrogen-bond donors (Lipinski definition) is 3. The number of imide groups is 1. The molecule has 2 aliphatic rings. The minimum absolute atomic E-state index is 0.314. The molecular formula is C25H25N5O2S2. The molecule has 2 fully saturated rings. The third-order valence-electron chi connectivity index (χ3n) is 6.03. The molecule has 3 aromatic rings. The summed E-state index contributed by atoms with van der Waals surface area (Å²) in [6, 6.07) is 13.4. The zero-order valence-electron chi connectivity index (χ0n) is 18.5. The zero-order chi connectivity index (χ0) is 23.3. The lowest BCUT2D eigenvalue weighted by Crippen LogP contribution is -2.36. The molecule has 0 radical (unpaired) electrons. The Morgan fingerprint density at radius 1 is 1.06 bits per heavy atom. The van der Waals surface area contributed by atoms with Gasteiger partial charge in [-0.15, -0.1) is 0 Å². The van der Waals surface area contributed by atoms with E-state index in [0.717, 1.165) is 44.0 Å². The summed E-state index contributed by atoms with van der Waals surface area (Å²) in [5.41, 5.74) is 4.45. The van der Waals surface area contributed by atoms with Gasteiger partial charge >= 0.3 is 0 Å². The number of benzene rings is 1. The predicted molar refractivity (Wildman–Crippen MR) is 137 cm³/mol. The molecule has 174 valence electrons. The smallest absolute Gasteiger partial charge is 0.290 e. The Kier molecular flexibility index (Phi) is 7.03. The van der Waals surface area contributed by atoms with E-state index in [0.29, 0.717) is 28.6 Å². The lowest BCUT2D eigenvalue weighted by Gasteiger charge is -2.30. The van der Waals surface area contributed by atoms with E-state index in [1.807, 2.05) is 0 Å².